The van der Waals surface area contributed by atoms with E-state index in [1.54, 1.807) is 44.3 Å². The quantitative estimate of drug-likeness (QED) is 0.446. The van der Waals surface area contributed by atoms with Gasteiger partial charge in [-0.1, -0.05) is 47.5 Å². The Morgan fingerprint density at radius 3 is 2.45 bits per heavy atom. The van der Waals surface area contributed by atoms with Gasteiger partial charge in [0.25, 0.3) is 5.91 Å². The molecule has 0 aliphatic rings. The SMILES string of the molecule is CC(NC(=O)C(C)(C)Oc1cccc(Cl)c1)C(Cc1ccc(Cl)cc1)c1cccnc1. The van der Waals surface area contributed by atoms with Gasteiger partial charge in [-0.15, -0.1) is 0 Å². The Labute approximate surface area is 193 Å². The van der Waals surface area contributed by atoms with E-state index in [-0.39, 0.29) is 17.9 Å². The third kappa shape index (κ3) is 6.46. The van der Waals surface area contributed by atoms with Crippen molar-refractivity contribution in [3.05, 3.63) is 94.2 Å². The largest absolute Gasteiger partial charge is 0.478 e. The Balaban J connectivity index is 1.76. The van der Waals surface area contributed by atoms with Gasteiger partial charge in [0.05, 0.1) is 0 Å². The Bertz CT molecular complexity index is 1010. The van der Waals surface area contributed by atoms with Crippen LogP contribution >= 0.6 is 23.2 Å². The number of aromatic nitrogens is 1. The molecule has 1 aromatic heterocycles. The lowest BCUT2D eigenvalue weighted by Gasteiger charge is -2.31. The fourth-order valence-corrected chi connectivity index (χ4v) is 3.71. The number of carbonyl (C=O) groups excluding carboxylic acids is 1. The molecule has 0 radical (unpaired) electrons. The second-order valence-corrected chi connectivity index (χ2v) is 8.93. The molecule has 1 amide bonds. The highest BCUT2D eigenvalue weighted by Crippen LogP contribution is 2.27. The highest BCUT2D eigenvalue weighted by molar-refractivity contribution is 6.30. The first-order chi connectivity index (χ1) is 14.7. The van der Waals surface area contributed by atoms with Crippen LogP contribution in [-0.2, 0) is 11.2 Å². The number of benzene rings is 2. The number of hydrogen-bond acceptors (Lipinski definition) is 3. The Morgan fingerprint density at radius 2 is 1.81 bits per heavy atom. The molecule has 1 heterocycles. The second-order valence-electron chi connectivity index (χ2n) is 8.06. The fraction of sp³-hybridized carbons (Fsp3) is 0.280. The number of carbonyl (C=O) groups is 1. The van der Waals surface area contributed by atoms with Gasteiger partial charge in [-0.05, 0) is 74.7 Å². The first-order valence-corrected chi connectivity index (χ1v) is 10.9. The van der Waals surface area contributed by atoms with E-state index in [9.17, 15) is 4.79 Å². The maximum atomic E-state index is 13.1. The summed E-state index contributed by atoms with van der Waals surface area (Å²) in [5.74, 6) is 0.371. The fourth-order valence-electron chi connectivity index (χ4n) is 3.41. The molecule has 0 fully saturated rings. The van der Waals surface area contributed by atoms with E-state index in [4.69, 9.17) is 27.9 Å². The van der Waals surface area contributed by atoms with Gasteiger partial charge in [-0.25, -0.2) is 0 Å². The molecule has 162 valence electrons. The predicted molar refractivity (Wildman–Crippen MR) is 126 cm³/mol. The topological polar surface area (TPSA) is 51.2 Å². The van der Waals surface area contributed by atoms with Crippen LogP contribution in [0.1, 0.15) is 37.8 Å². The molecule has 2 atom stereocenters. The average molecular weight is 457 g/mol. The third-order valence-electron chi connectivity index (χ3n) is 5.16. The zero-order valence-corrected chi connectivity index (χ0v) is 19.3. The Kier molecular flexibility index (Phi) is 7.58. The summed E-state index contributed by atoms with van der Waals surface area (Å²) in [6.07, 6.45) is 4.32. The monoisotopic (exact) mass is 456 g/mol. The lowest BCUT2D eigenvalue weighted by molar-refractivity contribution is -0.135. The van der Waals surface area contributed by atoms with Gasteiger partial charge >= 0.3 is 0 Å². The highest BCUT2D eigenvalue weighted by Gasteiger charge is 2.33. The van der Waals surface area contributed by atoms with Crippen LogP contribution in [0.4, 0.5) is 0 Å². The maximum Gasteiger partial charge on any atom is 0.263 e. The maximum absolute atomic E-state index is 13.1. The molecule has 0 aliphatic heterocycles. The van der Waals surface area contributed by atoms with Gasteiger partial charge in [0.1, 0.15) is 5.75 Å². The molecule has 4 nitrogen and oxygen atoms in total. The number of ether oxygens (including phenoxy) is 1. The van der Waals surface area contributed by atoms with Crippen LogP contribution in [0, 0.1) is 0 Å². The molecule has 1 N–H and O–H groups in total. The van der Waals surface area contributed by atoms with Gasteiger partial charge in [-0.2, -0.15) is 0 Å². The molecular formula is C25H26Cl2N2O2. The molecule has 6 heteroatoms. The zero-order valence-electron chi connectivity index (χ0n) is 17.8. The summed E-state index contributed by atoms with van der Waals surface area (Å²) in [6.45, 7) is 5.49. The van der Waals surface area contributed by atoms with Crippen LogP contribution in [0.5, 0.6) is 5.75 Å². The normalized spacial score (nSPS) is 13.3. The molecule has 0 spiro atoms. The third-order valence-corrected chi connectivity index (χ3v) is 5.65. The summed E-state index contributed by atoms with van der Waals surface area (Å²) in [5, 5.41) is 4.39. The van der Waals surface area contributed by atoms with Crippen molar-refractivity contribution in [1.29, 1.82) is 0 Å². The van der Waals surface area contributed by atoms with Gasteiger partial charge < -0.3 is 10.1 Å². The van der Waals surface area contributed by atoms with E-state index in [0.717, 1.165) is 17.5 Å². The first-order valence-electron chi connectivity index (χ1n) is 10.1. The molecule has 31 heavy (non-hydrogen) atoms. The predicted octanol–water partition coefficient (Wildman–Crippen LogP) is 6.08. The average Bonchev–Trinajstić information content (AvgIpc) is 2.73. The van der Waals surface area contributed by atoms with E-state index in [0.29, 0.717) is 15.8 Å². The second kappa shape index (κ2) is 10.2. The van der Waals surface area contributed by atoms with Crippen LogP contribution in [0.3, 0.4) is 0 Å². The van der Waals surface area contributed by atoms with Crippen molar-refractivity contribution in [1.82, 2.24) is 10.3 Å². The molecule has 0 saturated heterocycles. The van der Waals surface area contributed by atoms with Crippen LogP contribution < -0.4 is 10.1 Å². The summed E-state index contributed by atoms with van der Waals surface area (Å²) in [6, 6.07) is 18.6. The van der Waals surface area contributed by atoms with E-state index in [1.807, 2.05) is 49.5 Å². The number of hydrogen-bond donors (Lipinski definition) is 1. The number of pyridine rings is 1. The summed E-state index contributed by atoms with van der Waals surface area (Å²) >= 11 is 12.1. The Morgan fingerprint density at radius 1 is 1.06 bits per heavy atom. The van der Waals surface area contributed by atoms with Crippen LogP contribution in [0.25, 0.3) is 0 Å². The number of nitrogens with zero attached hydrogens (tertiary/aromatic N) is 1. The van der Waals surface area contributed by atoms with E-state index in [1.165, 1.54) is 0 Å². The molecule has 0 aliphatic carbocycles. The van der Waals surface area contributed by atoms with Gasteiger partial charge in [0, 0.05) is 34.4 Å². The number of amides is 1. The smallest absolute Gasteiger partial charge is 0.263 e. The number of halogens is 2. The van der Waals surface area contributed by atoms with Gasteiger partial charge in [0.15, 0.2) is 5.60 Å². The lowest BCUT2D eigenvalue weighted by Crippen LogP contribution is -2.51. The standard InChI is InChI=1S/C25H26Cl2N2O2/c1-17(29-24(30)25(2,3)31-22-8-4-7-21(27)15-22)23(19-6-5-13-28-16-19)14-18-9-11-20(26)12-10-18/h4-13,15-17,23H,14H2,1-3H3,(H,29,30). The van der Waals surface area contributed by atoms with Crippen molar-refractivity contribution in [2.75, 3.05) is 0 Å². The molecule has 0 saturated carbocycles. The minimum absolute atomic E-state index is 0.0285. The first kappa shape index (κ1) is 23.1. The number of rotatable bonds is 8. The summed E-state index contributed by atoms with van der Waals surface area (Å²) < 4.78 is 5.94. The molecule has 3 rings (SSSR count). The van der Waals surface area contributed by atoms with Gasteiger partial charge in [-0.3, -0.25) is 9.78 Å². The van der Waals surface area contributed by atoms with Crippen molar-refractivity contribution in [3.8, 4) is 5.75 Å². The highest BCUT2D eigenvalue weighted by atomic mass is 35.5. The molecule has 2 unspecified atom stereocenters. The zero-order chi connectivity index (χ0) is 22.4. The van der Waals surface area contributed by atoms with E-state index in [2.05, 4.69) is 10.3 Å². The van der Waals surface area contributed by atoms with Gasteiger partial charge in [0.2, 0.25) is 0 Å². The van der Waals surface area contributed by atoms with Crippen molar-refractivity contribution in [2.24, 2.45) is 0 Å². The molecule has 2 aromatic carbocycles. The van der Waals surface area contributed by atoms with E-state index < -0.39 is 5.60 Å². The summed E-state index contributed by atoms with van der Waals surface area (Å²) in [4.78, 5) is 17.4. The molecule has 0 bridgehead atoms. The van der Waals surface area contributed by atoms with Crippen molar-refractivity contribution in [2.45, 2.75) is 44.8 Å². The van der Waals surface area contributed by atoms with Crippen molar-refractivity contribution in [3.63, 3.8) is 0 Å². The lowest BCUT2D eigenvalue weighted by atomic mass is 9.87. The van der Waals surface area contributed by atoms with Crippen LogP contribution in [-0.4, -0.2) is 22.5 Å². The molecular weight excluding hydrogens is 431 g/mol. The number of nitrogens with one attached hydrogen (secondary N) is 1. The summed E-state index contributed by atoms with van der Waals surface area (Å²) in [7, 11) is 0. The minimum atomic E-state index is -1.07. The summed E-state index contributed by atoms with van der Waals surface area (Å²) in [5.41, 5.74) is 1.12. The van der Waals surface area contributed by atoms with Crippen LogP contribution in [0.2, 0.25) is 10.0 Å². The van der Waals surface area contributed by atoms with E-state index >= 15 is 0 Å². The van der Waals surface area contributed by atoms with Crippen molar-refractivity contribution < 1.29 is 9.53 Å². The molecule has 3 aromatic rings. The van der Waals surface area contributed by atoms with Crippen LogP contribution in [0.15, 0.2) is 73.1 Å². The van der Waals surface area contributed by atoms with Crippen molar-refractivity contribution >= 4 is 29.1 Å². The minimum Gasteiger partial charge on any atom is -0.478 e. The Hall–Kier alpha value is -2.56.